The van der Waals surface area contributed by atoms with Crippen molar-refractivity contribution in [3.8, 4) is 11.5 Å². The molecule has 158 valence electrons. The molecule has 0 radical (unpaired) electrons. The molecule has 0 saturated carbocycles. The summed E-state index contributed by atoms with van der Waals surface area (Å²) in [5.74, 6) is 0.962. The third-order valence-corrected chi connectivity index (χ3v) is 5.19. The lowest BCUT2D eigenvalue weighted by Crippen LogP contribution is -2.37. The summed E-state index contributed by atoms with van der Waals surface area (Å²) < 4.78 is 11.1. The van der Waals surface area contributed by atoms with E-state index in [1.807, 2.05) is 36.4 Å². The molecular formula is C25H24N2O4. The number of ether oxygens (including phenoxy) is 2. The van der Waals surface area contributed by atoms with Gasteiger partial charge in [0.25, 0.3) is 11.8 Å². The van der Waals surface area contributed by atoms with Crippen molar-refractivity contribution in [3.63, 3.8) is 0 Å². The minimum absolute atomic E-state index is 0.0676. The zero-order valence-corrected chi connectivity index (χ0v) is 17.5. The molecule has 31 heavy (non-hydrogen) atoms. The van der Waals surface area contributed by atoms with E-state index in [9.17, 15) is 9.59 Å². The molecule has 1 aliphatic heterocycles. The van der Waals surface area contributed by atoms with Gasteiger partial charge in [-0.3, -0.25) is 9.59 Å². The van der Waals surface area contributed by atoms with Crippen LogP contribution in [0.5, 0.6) is 11.5 Å². The van der Waals surface area contributed by atoms with Gasteiger partial charge in [-0.05, 0) is 48.9 Å². The van der Waals surface area contributed by atoms with E-state index >= 15 is 0 Å². The average molecular weight is 416 g/mol. The molecule has 6 heteroatoms. The highest BCUT2D eigenvalue weighted by atomic mass is 16.5. The lowest BCUT2D eigenvalue weighted by Gasteiger charge is -2.22. The molecule has 3 aromatic rings. The number of nitrogens with zero attached hydrogens (tertiary/aromatic N) is 1. The molecule has 1 heterocycles. The van der Waals surface area contributed by atoms with Crippen LogP contribution in [0.4, 0.5) is 5.69 Å². The number of amides is 2. The molecule has 1 aliphatic rings. The first-order valence-corrected chi connectivity index (χ1v) is 10.1. The van der Waals surface area contributed by atoms with Crippen molar-refractivity contribution in [2.75, 3.05) is 12.4 Å². The van der Waals surface area contributed by atoms with Gasteiger partial charge >= 0.3 is 0 Å². The van der Waals surface area contributed by atoms with Crippen LogP contribution in [0.3, 0.4) is 0 Å². The van der Waals surface area contributed by atoms with E-state index in [4.69, 9.17) is 9.47 Å². The first kappa shape index (κ1) is 20.5. The standard InChI is InChI=1S/C25H24N2O4/c1-17-25(29)27(15-18-7-4-3-5-8-18)16-20-13-21(11-12-23(20)31-17)26-24(28)19-9-6-10-22(14-19)30-2/h3-14,17H,15-16H2,1-2H3,(H,26,28). The number of nitrogens with one attached hydrogen (secondary N) is 1. The fourth-order valence-corrected chi connectivity index (χ4v) is 3.58. The Hall–Kier alpha value is -3.80. The van der Waals surface area contributed by atoms with Crippen LogP contribution in [0.2, 0.25) is 0 Å². The van der Waals surface area contributed by atoms with E-state index in [0.717, 1.165) is 11.1 Å². The van der Waals surface area contributed by atoms with Crippen LogP contribution < -0.4 is 14.8 Å². The summed E-state index contributed by atoms with van der Waals surface area (Å²) in [6.45, 7) is 2.65. The fraction of sp³-hybridized carbons (Fsp3) is 0.200. The Morgan fingerprint density at radius 2 is 1.90 bits per heavy atom. The van der Waals surface area contributed by atoms with Gasteiger partial charge in [0.05, 0.1) is 7.11 Å². The fourth-order valence-electron chi connectivity index (χ4n) is 3.58. The number of fused-ring (bicyclic) bond motifs is 1. The Kier molecular flexibility index (Phi) is 5.89. The number of carbonyl (C=O) groups excluding carboxylic acids is 2. The maximum atomic E-state index is 12.8. The summed E-state index contributed by atoms with van der Waals surface area (Å²) in [6.07, 6.45) is -0.581. The van der Waals surface area contributed by atoms with E-state index < -0.39 is 6.10 Å². The third kappa shape index (κ3) is 4.69. The zero-order chi connectivity index (χ0) is 21.8. The summed E-state index contributed by atoms with van der Waals surface area (Å²) >= 11 is 0. The molecule has 1 N–H and O–H groups in total. The molecule has 6 nitrogen and oxygen atoms in total. The van der Waals surface area contributed by atoms with Crippen molar-refractivity contribution < 1.29 is 19.1 Å². The van der Waals surface area contributed by atoms with Gasteiger partial charge in [-0.1, -0.05) is 36.4 Å². The van der Waals surface area contributed by atoms with Crippen LogP contribution in [0.1, 0.15) is 28.4 Å². The van der Waals surface area contributed by atoms with E-state index in [2.05, 4.69) is 5.32 Å². The second kappa shape index (κ2) is 8.92. The minimum atomic E-state index is -0.581. The molecular weight excluding hydrogens is 392 g/mol. The number of anilines is 1. The largest absolute Gasteiger partial charge is 0.497 e. The number of benzene rings is 3. The van der Waals surface area contributed by atoms with E-state index in [1.54, 1.807) is 55.3 Å². The van der Waals surface area contributed by atoms with Gasteiger partial charge in [-0.15, -0.1) is 0 Å². The Morgan fingerprint density at radius 1 is 1.10 bits per heavy atom. The van der Waals surface area contributed by atoms with Crippen molar-refractivity contribution in [2.45, 2.75) is 26.1 Å². The predicted molar refractivity (Wildman–Crippen MR) is 118 cm³/mol. The number of hydrogen-bond donors (Lipinski definition) is 1. The number of methoxy groups -OCH3 is 1. The second-order valence-corrected chi connectivity index (χ2v) is 7.45. The molecule has 1 unspecified atom stereocenters. The third-order valence-electron chi connectivity index (χ3n) is 5.19. The van der Waals surface area contributed by atoms with Gasteiger partial charge < -0.3 is 19.7 Å². The van der Waals surface area contributed by atoms with Crippen molar-refractivity contribution in [2.24, 2.45) is 0 Å². The molecule has 1 atom stereocenters. The Morgan fingerprint density at radius 3 is 2.68 bits per heavy atom. The molecule has 0 bridgehead atoms. The van der Waals surface area contributed by atoms with E-state index in [0.29, 0.717) is 35.8 Å². The molecule has 0 fully saturated rings. The Balaban J connectivity index is 1.56. The summed E-state index contributed by atoms with van der Waals surface area (Å²) in [5.41, 5.74) is 3.03. The number of hydrogen-bond acceptors (Lipinski definition) is 4. The van der Waals surface area contributed by atoms with Gasteiger partial charge in [-0.25, -0.2) is 0 Å². The summed E-state index contributed by atoms with van der Waals surface area (Å²) in [5, 5.41) is 2.91. The van der Waals surface area contributed by atoms with E-state index in [1.165, 1.54) is 0 Å². The average Bonchev–Trinajstić information content (AvgIpc) is 2.91. The van der Waals surface area contributed by atoms with Gasteiger partial charge in [0.2, 0.25) is 0 Å². The van der Waals surface area contributed by atoms with Crippen LogP contribution >= 0.6 is 0 Å². The number of rotatable bonds is 5. The molecule has 0 aromatic heterocycles. The highest BCUT2D eigenvalue weighted by molar-refractivity contribution is 6.04. The molecule has 3 aromatic carbocycles. The van der Waals surface area contributed by atoms with Crippen LogP contribution in [0.15, 0.2) is 72.8 Å². The summed E-state index contributed by atoms with van der Waals surface area (Å²) in [4.78, 5) is 27.3. The Bertz CT molecular complexity index is 1100. The van der Waals surface area contributed by atoms with Crippen molar-refractivity contribution in [3.05, 3.63) is 89.5 Å². The van der Waals surface area contributed by atoms with Gasteiger partial charge in [-0.2, -0.15) is 0 Å². The summed E-state index contributed by atoms with van der Waals surface area (Å²) in [6, 6.07) is 22.3. The normalized spacial score (nSPS) is 15.5. The van der Waals surface area contributed by atoms with Crippen LogP contribution in [0, 0.1) is 0 Å². The van der Waals surface area contributed by atoms with Gasteiger partial charge in [0, 0.05) is 29.9 Å². The van der Waals surface area contributed by atoms with Crippen molar-refractivity contribution in [1.29, 1.82) is 0 Å². The lowest BCUT2D eigenvalue weighted by atomic mass is 10.1. The predicted octanol–water partition coefficient (Wildman–Crippen LogP) is 4.26. The maximum Gasteiger partial charge on any atom is 0.263 e. The highest BCUT2D eigenvalue weighted by Gasteiger charge is 2.28. The monoisotopic (exact) mass is 416 g/mol. The lowest BCUT2D eigenvalue weighted by molar-refractivity contribution is -0.138. The molecule has 0 spiro atoms. The zero-order valence-electron chi connectivity index (χ0n) is 17.5. The summed E-state index contributed by atoms with van der Waals surface area (Å²) in [7, 11) is 1.56. The second-order valence-electron chi connectivity index (χ2n) is 7.45. The van der Waals surface area contributed by atoms with Crippen LogP contribution in [-0.2, 0) is 17.9 Å². The number of carbonyl (C=O) groups is 2. The van der Waals surface area contributed by atoms with Gasteiger partial charge in [0.15, 0.2) is 6.10 Å². The quantitative estimate of drug-likeness (QED) is 0.675. The minimum Gasteiger partial charge on any atom is -0.497 e. The van der Waals surface area contributed by atoms with Crippen LogP contribution in [0.25, 0.3) is 0 Å². The van der Waals surface area contributed by atoms with Gasteiger partial charge in [0.1, 0.15) is 11.5 Å². The maximum absolute atomic E-state index is 12.8. The molecule has 0 aliphatic carbocycles. The topological polar surface area (TPSA) is 67.9 Å². The van der Waals surface area contributed by atoms with Crippen LogP contribution in [-0.4, -0.2) is 29.9 Å². The first-order chi connectivity index (χ1) is 15.0. The first-order valence-electron chi connectivity index (χ1n) is 10.1. The SMILES string of the molecule is COc1cccc(C(=O)Nc2ccc3c(c2)CN(Cc2ccccc2)C(=O)C(C)O3)c1. The highest BCUT2D eigenvalue weighted by Crippen LogP contribution is 2.29. The van der Waals surface area contributed by atoms with Crippen molar-refractivity contribution >= 4 is 17.5 Å². The molecule has 0 saturated heterocycles. The molecule has 2 amide bonds. The smallest absolute Gasteiger partial charge is 0.263 e. The molecule has 4 rings (SSSR count). The van der Waals surface area contributed by atoms with Crippen molar-refractivity contribution in [1.82, 2.24) is 4.90 Å². The van der Waals surface area contributed by atoms with E-state index in [-0.39, 0.29) is 11.8 Å². The Labute approximate surface area is 181 Å².